The number of amides is 1. The van der Waals surface area contributed by atoms with Gasteiger partial charge in [-0.15, -0.1) is 0 Å². The zero-order chi connectivity index (χ0) is 22.6. The van der Waals surface area contributed by atoms with Crippen molar-refractivity contribution in [1.82, 2.24) is 5.32 Å². The van der Waals surface area contributed by atoms with E-state index < -0.39 is 35.0 Å². The van der Waals surface area contributed by atoms with Gasteiger partial charge in [0.05, 0.1) is 6.04 Å². The fraction of sp³-hybridized carbons (Fsp3) is 0.240. The molecule has 31 heavy (non-hydrogen) atoms. The first-order valence-corrected chi connectivity index (χ1v) is 9.90. The van der Waals surface area contributed by atoms with Gasteiger partial charge in [0.2, 0.25) is 0 Å². The zero-order valence-corrected chi connectivity index (χ0v) is 17.6. The van der Waals surface area contributed by atoms with Crippen molar-refractivity contribution < 1.29 is 23.4 Å². The van der Waals surface area contributed by atoms with Crippen LogP contribution in [0.3, 0.4) is 0 Å². The maximum Gasteiger partial charge on any atom is 0.408 e. The summed E-state index contributed by atoms with van der Waals surface area (Å²) in [6, 6.07) is 18.4. The van der Waals surface area contributed by atoms with Crippen LogP contribution in [0.25, 0.3) is 0 Å². The summed E-state index contributed by atoms with van der Waals surface area (Å²) in [4.78, 5) is 12.7. The molecule has 2 N–H and O–H groups in total. The Balaban J connectivity index is 2.24. The van der Waals surface area contributed by atoms with Gasteiger partial charge in [0.1, 0.15) is 22.8 Å². The van der Waals surface area contributed by atoms with E-state index in [0.717, 1.165) is 0 Å². The molecule has 0 bridgehead atoms. The highest BCUT2D eigenvalue weighted by Crippen LogP contribution is 2.43. The van der Waals surface area contributed by atoms with Gasteiger partial charge in [-0.05, 0) is 38.5 Å². The lowest BCUT2D eigenvalue weighted by atomic mass is 9.77. The van der Waals surface area contributed by atoms with Gasteiger partial charge in [0, 0.05) is 11.1 Å². The summed E-state index contributed by atoms with van der Waals surface area (Å²) in [7, 11) is 0. The van der Waals surface area contributed by atoms with Gasteiger partial charge < -0.3 is 15.2 Å². The maximum absolute atomic E-state index is 15.0. The van der Waals surface area contributed by atoms with Crippen LogP contribution in [0.2, 0.25) is 0 Å². The van der Waals surface area contributed by atoms with Gasteiger partial charge in [-0.25, -0.2) is 13.6 Å². The first-order valence-electron chi connectivity index (χ1n) is 9.90. The summed E-state index contributed by atoms with van der Waals surface area (Å²) in [5, 5.41) is 14.7. The Morgan fingerprint density at radius 3 is 1.74 bits per heavy atom. The smallest absolute Gasteiger partial charge is 0.408 e. The average molecular weight is 425 g/mol. The molecule has 0 spiro atoms. The molecule has 0 aliphatic carbocycles. The third-order valence-electron chi connectivity index (χ3n) is 4.78. The molecular weight excluding hydrogens is 400 g/mol. The number of rotatable bonds is 5. The van der Waals surface area contributed by atoms with Crippen LogP contribution in [-0.2, 0) is 10.3 Å². The fourth-order valence-electron chi connectivity index (χ4n) is 3.50. The number of nitrogens with one attached hydrogen (secondary N) is 1. The van der Waals surface area contributed by atoms with Crippen LogP contribution in [-0.4, -0.2) is 16.8 Å². The van der Waals surface area contributed by atoms with Crippen LogP contribution in [0.15, 0.2) is 78.9 Å². The van der Waals surface area contributed by atoms with Crippen molar-refractivity contribution in [2.24, 2.45) is 0 Å². The van der Waals surface area contributed by atoms with E-state index in [2.05, 4.69) is 5.32 Å². The van der Waals surface area contributed by atoms with Crippen molar-refractivity contribution in [2.45, 2.75) is 38.0 Å². The molecule has 0 saturated carbocycles. The van der Waals surface area contributed by atoms with Crippen LogP contribution >= 0.6 is 0 Å². The Hall–Kier alpha value is -3.25. The van der Waals surface area contributed by atoms with E-state index in [1.165, 1.54) is 36.4 Å². The minimum atomic E-state index is -2.27. The van der Waals surface area contributed by atoms with Gasteiger partial charge in [-0.1, -0.05) is 66.7 Å². The number of carbonyl (C=O) groups is 1. The molecule has 0 heterocycles. The summed E-state index contributed by atoms with van der Waals surface area (Å²) in [5.74, 6) is -1.47. The molecule has 0 radical (unpaired) electrons. The lowest BCUT2D eigenvalue weighted by molar-refractivity contribution is 0.0119. The Morgan fingerprint density at radius 1 is 0.839 bits per heavy atom. The third-order valence-corrected chi connectivity index (χ3v) is 4.78. The number of hydrogen-bond acceptors (Lipinski definition) is 3. The van der Waals surface area contributed by atoms with Gasteiger partial charge >= 0.3 is 6.09 Å². The molecule has 0 aliphatic heterocycles. The monoisotopic (exact) mass is 425 g/mol. The normalized spacial score (nSPS) is 12.8. The Labute approximate surface area is 180 Å². The van der Waals surface area contributed by atoms with Crippen LogP contribution in [0.4, 0.5) is 13.6 Å². The highest BCUT2D eigenvalue weighted by Gasteiger charge is 2.46. The number of benzene rings is 3. The number of carbonyl (C=O) groups excluding carboxylic acids is 1. The first-order chi connectivity index (χ1) is 14.6. The highest BCUT2D eigenvalue weighted by atomic mass is 19.1. The van der Waals surface area contributed by atoms with Crippen LogP contribution in [0, 0.1) is 11.6 Å². The van der Waals surface area contributed by atoms with Crippen molar-refractivity contribution in [2.75, 3.05) is 0 Å². The maximum atomic E-state index is 15.0. The molecule has 6 heteroatoms. The molecule has 3 rings (SSSR count). The second-order valence-corrected chi connectivity index (χ2v) is 8.22. The molecule has 3 aromatic carbocycles. The Morgan fingerprint density at radius 2 is 1.29 bits per heavy atom. The predicted molar refractivity (Wildman–Crippen MR) is 114 cm³/mol. The zero-order valence-electron chi connectivity index (χ0n) is 17.6. The molecule has 0 fully saturated rings. The molecule has 1 amide bonds. The van der Waals surface area contributed by atoms with E-state index in [9.17, 15) is 18.7 Å². The van der Waals surface area contributed by atoms with E-state index in [1.807, 2.05) is 0 Å². The second kappa shape index (κ2) is 8.86. The van der Waals surface area contributed by atoms with Gasteiger partial charge in [0.25, 0.3) is 0 Å². The van der Waals surface area contributed by atoms with Crippen molar-refractivity contribution in [3.05, 3.63) is 107 Å². The molecule has 0 aromatic heterocycles. The summed E-state index contributed by atoms with van der Waals surface area (Å²) in [6.07, 6.45) is -0.826. The van der Waals surface area contributed by atoms with Gasteiger partial charge in [0.15, 0.2) is 0 Å². The molecule has 0 saturated heterocycles. The van der Waals surface area contributed by atoms with E-state index in [-0.39, 0.29) is 11.1 Å². The predicted octanol–water partition coefficient (Wildman–Crippen LogP) is 5.47. The third kappa shape index (κ3) is 4.91. The minimum absolute atomic E-state index is 0.176. The largest absolute Gasteiger partial charge is 0.444 e. The lowest BCUT2D eigenvalue weighted by Gasteiger charge is -2.38. The van der Waals surface area contributed by atoms with E-state index in [0.29, 0.717) is 5.56 Å². The first kappa shape index (κ1) is 22.4. The Kier molecular flexibility index (Phi) is 6.41. The highest BCUT2D eigenvalue weighted by molar-refractivity contribution is 5.69. The van der Waals surface area contributed by atoms with E-state index in [1.54, 1.807) is 63.2 Å². The lowest BCUT2D eigenvalue weighted by Crippen LogP contribution is -2.47. The molecule has 1 atom stereocenters. The quantitative estimate of drug-likeness (QED) is 0.570. The summed E-state index contributed by atoms with van der Waals surface area (Å²) in [6.45, 7) is 5.10. The number of aliphatic hydroxyl groups is 1. The molecule has 1 unspecified atom stereocenters. The molecule has 0 aliphatic rings. The topological polar surface area (TPSA) is 58.6 Å². The number of halogens is 2. The standard InChI is InChI=1S/C25H25F2NO3/c1-24(2,3)31-23(29)28-22(17-11-5-4-6-12-17)25(30,18-13-7-9-15-20(18)26)19-14-8-10-16-21(19)27/h4-16,22,30H,1-3H3,(H,28,29). The number of ether oxygens (including phenoxy) is 1. The van der Waals surface area contributed by atoms with Crippen molar-refractivity contribution >= 4 is 6.09 Å². The molecule has 4 nitrogen and oxygen atoms in total. The SMILES string of the molecule is CC(C)(C)OC(=O)NC(c1ccccc1)C(O)(c1ccccc1F)c1ccccc1F. The van der Waals surface area contributed by atoms with E-state index >= 15 is 0 Å². The van der Waals surface area contributed by atoms with Crippen LogP contribution < -0.4 is 5.32 Å². The van der Waals surface area contributed by atoms with Crippen LogP contribution in [0.5, 0.6) is 0 Å². The van der Waals surface area contributed by atoms with Crippen molar-refractivity contribution in [3.8, 4) is 0 Å². The summed E-state index contributed by atoms with van der Waals surface area (Å²) >= 11 is 0. The second-order valence-electron chi connectivity index (χ2n) is 8.22. The van der Waals surface area contributed by atoms with Gasteiger partial charge in [-0.3, -0.25) is 0 Å². The average Bonchev–Trinajstić information content (AvgIpc) is 2.71. The number of alkyl carbamates (subject to hydrolysis) is 1. The Bertz CT molecular complexity index is 1000. The van der Waals surface area contributed by atoms with Crippen LogP contribution in [0.1, 0.15) is 43.5 Å². The minimum Gasteiger partial charge on any atom is -0.444 e. The fourth-order valence-corrected chi connectivity index (χ4v) is 3.50. The molecule has 162 valence electrons. The van der Waals surface area contributed by atoms with Crippen molar-refractivity contribution in [1.29, 1.82) is 0 Å². The summed E-state index contributed by atoms with van der Waals surface area (Å²) < 4.78 is 35.3. The molecule has 3 aromatic rings. The van der Waals surface area contributed by atoms with Gasteiger partial charge in [-0.2, -0.15) is 0 Å². The van der Waals surface area contributed by atoms with E-state index in [4.69, 9.17) is 4.74 Å². The van der Waals surface area contributed by atoms with Crippen molar-refractivity contribution in [3.63, 3.8) is 0 Å². The summed E-state index contributed by atoms with van der Waals surface area (Å²) in [5.41, 5.74) is -2.98. The molecular formula is C25H25F2NO3. The number of hydrogen-bond donors (Lipinski definition) is 2.